The van der Waals surface area contributed by atoms with Crippen molar-refractivity contribution in [3.8, 4) is 0 Å². The molecule has 2 saturated carbocycles. The molecule has 1 heterocycles. The molecule has 0 amide bonds. The van der Waals surface area contributed by atoms with Crippen LogP contribution in [0.2, 0.25) is 0 Å². The molecule has 0 N–H and O–H groups in total. The average Bonchev–Trinajstić information content (AvgIpc) is 2.68. The Morgan fingerprint density at radius 3 is 2.41 bits per heavy atom. The normalized spacial score (nSPS) is 43.0. The maximum absolute atomic E-state index is 6.06. The molecule has 3 fully saturated rings. The standard InChI is InChI=1S/C15H24O2/c1-11-10-14(4)6-5-7-15(16-8-9-17-15)12(11)13(14,2)3/h12H,1,5-10H2,2-4H3. The highest BCUT2D eigenvalue weighted by Crippen LogP contribution is 2.66. The van der Waals surface area contributed by atoms with Crippen molar-refractivity contribution in [2.24, 2.45) is 16.7 Å². The molecule has 0 aromatic rings. The van der Waals surface area contributed by atoms with Crippen LogP contribution in [0, 0.1) is 16.7 Å². The zero-order valence-corrected chi connectivity index (χ0v) is 11.3. The van der Waals surface area contributed by atoms with Gasteiger partial charge in [-0.25, -0.2) is 0 Å². The highest BCUT2D eigenvalue weighted by Gasteiger charge is 2.63. The highest BCUT2D eigenvalue weighted by atomic mass is 16.7. The van der Waals surface area contributed by atoms with Crippen LogP contribution in [-0.2, 0) is 9.47 Å². The zero-order valence-electron chi connectivity index (χ0n) is 11.3. The van der Waals surface area contributed by atoms with Crippen molar-refractivity contribution in [2.75, 3.05) is 13.2 Å². The van der Waals surface area contributed by atoms with Crippen LogP contribution in [0.4, 0.5) is 0 Å². The molecule has 0 aromatic heterocycles. The second-order valence-corrected chi connectivity index (χ2v) is 6.91. The van der Waals surface area contributed by atoms with Gasteiger partial charge >= 0.3 is 0 Å². The summed E-state index contributed by atoms with van der Waals surface area (Å²) >= 11 is 0. The Balaban J connectivity index is 2.09. The maximum atomic E-state index is 6.06. The summed E-state index contributed by atoms with van der Waals surface area (Å²) in [5.41, 5.74) is 1.94. The Morgan fingerprint density at radius 2 is 1.76 bits per heavy atom. The number of rotatable bonds is 0. The van der Waals surface area contributed by atoms with E-state index in [-0.39, 0.29) is 11.2 Å². The Bertz CT molecular complexity index is 352. The largest absolute Gasteiger partial charge is 0.347 e. The molecule has 2 atom stereocenters. The Hall–Kier alpha value is -0.340. The molecule has 3 aliphatic rings. The van der Waals surface area contributed by atoms with E-state index >= 15 is 0 Å². The monoisotopic (exact) mass is 236 g/mol. The summed E-state index contributed by atoms with van der Waals surface area (Å²) < 4.78 is 12.1. The van der Waals surface area contributed by atoms with Gasteiger partial charge < -0.3 is 9.47 Å². The van der Waals surface area contributed by atoms with Crippen molar-refractivity contribution in [2.45, 2.75) is 52.2 Å². The molecule has 17 heavy (non-hydrogen) atoms. The molecular weight excluding hydrogens is 212 g/mol. The van der Waals surface area contributed by atoms with E-state index in [4.69, 9.17) is 9.47 Å². The Morgan fingerprint density at radius 1 is 1.12 bits per heavy atom. The van der Waals surface area contributed by atoms with Gasteiger partial charge in [0.2, 0.25) is 0 Å². The minimum Gasteiger partial charge on any atom is -0.347 e. The van der Waals surface area contributed by atoms with Crippen molar-refractivity contribution in [3.05, 3.63) is 12.2 Å². The van der Waals surface area contributed by atoms with Crippen molar-refractivity contribution < 1.29 is 9.47 Å². The van der Waals surface area contributed by atoms with Gasteiger partial charge in [-0.1, -0.05) is 32.9 Å². The lowest BCUT2D eigenvalue weighted by molar-refractivity contribution is -0.208. The minimum absolute atomic E-state index is 0.227. The summed E-state index contributed by atoms with van der Waals surface area (Å²) in [6, 6.07) is 0. The predicted molar refractivity (Wildman–Crippen MR) is 67.6 cm³/mol. The SMILES string of the molecule is C=C1CC2(C)CCCC3(OCCO3)C1C2(C)C. The number of ether oxygens (including phenoxy) is 2. The van der Waals surface area contributed by atoms with Gasteiger partial charge in [-0.2, -0.15) is 0 Å². The number of fused-ring (bicyclic) bond motifs is 3. The lowest BCUT2D eigenvalue weighted by Gasteiger charge is -2.44. The van der Waals surface area contributed by atoms with E-state index in [0.29, 0.717) is 11.3 Å². The van der Waals surface area contributed by atoms with Crippen LogP contribution in [0.1, 0.15) is 46.5 Å². The molecule has 1 aliphatic heterocycles. The summed E-state index contributed by atoms with van der Waals surface area (Å²) in [5.74, 6) is 0.0134. The van der Waals surface area contributed by atoms with E-state index in [1.54, 1.807) is 0 Å². The molecule has 2 nitrogen and oxygen atoms in total. The predicted octanol–water partition coefficient (Wildman–Crippen LogP) is 3.52. The summed E-state index contributed by atoms with van der Waals surface area (Å²) in [6.07, 6.45) is 4.66. The molecule has 2 bridgehead atoms. The third-order valence-electron chi connectivity index (χ3n) is 5.77. The third kappa shape index (κ3) is 1.34. The van der Waals surface area contributed by atoms with Gasteiger partial charge in [0.15, 0.2) is 5.79 Å². The Kier molecular flexibility index (Phi) is 2.32. The maximum Gasteiger partial charge on any atom is 0.175 e. The number of hydrogen-bond acceptors (Lipinski definition) is 2. The summed E-state index contributed by atoms with van der Waals surface area (Å²) in [7, 11) is 0. The molecule has 2 unspecified atom stereocenters. The van der Waals surface area contributed by atoms with Crippen LogP contribution < -0.4 is 0 Å². The fraction of sp³-hybridized carbons (Fsp3) is 0.867. The van der Waals surface area contributed by atoms with Crippen LogP contribution in [0.25, 0.3) is 0 Å². The van der Waals surface area contributed by atoms with Crippen LogP contribution >= 0.6 is 0 Å². The molecule has 3 rings (SSSR count). The van der Waals surface area contributed by atoms with Gasteiger partial charge in [0.25, 0.3) is 0 Å². The number of hydrogen-bond donors (Lipinski definition) is 0. The first kappa shape index (κ1) is 11.7. The molecule has 96 valence electrons. The van der Waals surface area contributed by atoms with E-state index < -0.39 is 0 Å². The van der Waals surface area contributed by atoms with E-state index in [0.717, 1.165) is 26.1 Å². The second-order valence-electron chi connectivity index (χ2n) is 6.91. The molecule has 0 radical (unpaired) electrons. The summed E-state index contributed by atoms with van der Waals surface area (Å²) in [6.45, 7) is 13.0. The van der Waals surface area contributed by atoms with Crippen molar-refractivity contribution in [1.29, 1.82) is 0 Å². The average molecular weight is 236 g/mol. The van der Waals surface area contributed by atoms with Gasteiger partial charge in [0, 0.05) is 12.3 Å². The lowest BCUT2D eigenvalue weighted by atomic mass is 9.64. The highest BCUT2D eigenvalue weighted by molar-refractivity contribution is 5.25. The Labute approximate surface area is 104 Å². The van der Waals surface area contributed by atoms with Crippen molar-refractivity contribution in [1.82, 2.24) is 0 Å². The second kappa shape index (κ2) is 3.36. The zero-order chi connectivity index (χ0) is 12.3. The minimum atomic E-state index is -0.352. The van der Waals surface area contributed by atoms with Crippen LogP contribution in [0.5, 0.6) is 0 Å². The van der Waals surface area contributed by atoms with Gasteiger partial charge in [-0.3, -0.25) is 0 Å². The van der Waals surface area contributed by atoms with Crippen LogP contribution in [0.3, 0.4) is 0 Å². The fourth-order valence-electron chi connectivity index (χ4n) is 4.61. The first-order chi connectivity index (χ1) is 7.91. The molecule has 2 heteroatoms. The molecule has 2 aliphatic carbocycles. The van der Waals surface area contributed by atoms with E-state index in [1.165, 1.54) is 18.4 Å². The first-order valence-corrected chi connectivity index (χ1v) is 6.87. The smallest absolute Gasteiger partial charge is 0.175 e. The van der Waals surface area contributed by atoms with Crippen LogP contribution in [-0.4, -0.2) is 19.0 Å². The first-order valence-electron chi connectivity index (χ1n) is 6.87. The quantitative estimate of drug-likeness (QED) is 0.599. The van der Waals surface area contributed by atoms with Crippen LogP contribution in [0.15, 0.2) is 12.2 Å². The van der Waals surface area contributed by atoms with Gasteiger partial charge in [-0.05, 0) is 30.1 Å². The van der Waals surface area contributed by atoms with E-state index in [1.807, 2.05) is 0 Å². The van der Waals surface area contributed by atoms with Gasteiger partial charge in [0.05, 0.1) is 13.2 Å². The van der Waals surface area contributed by atoms with E-state index in [9.17, 15) is 0 Å². The van der Waals surface area contributed by atoms with E-state index in [2.05, 4.69) is 27.4 Å². The topological polar surface area (TPSA) is 18.5 Å². The molecular formula is C15H24O2. The molecule has 1 spiro atoms. The molecule has 0 aromatic carbocycles. The van der Waals surface area contributed by atoms with Gasteiger partial charge in [0.1, 0.15) is 0 Å². The fourth-order valence-corrected chi connectivity index (χ4v) is 4.61. The van der Waals surface area contributed by atoms with Crippen molar-refractivity contribution >= 4 is 0 Å². The van der Waals surface area contributed by atoms with Crippen molar-refractivity contribution in [3.63, 3.8) is 0 Å². The molecule has 1 saturated heterocycles. The van der Waals surface area contributed by atoms with Gasteiger partial charge in [-0.15, -0.1) is 0 Å². The summed E-state index contributed by atoms with van der Waals surface area (Å²) in [5, 5.41) is 0. The lowest BCUT2D eigenvalue weighted by Crippen LogP contribution is -2.46. The third-order valence-corrected chi connectivity index (χ3v) is 5.77. The summed E-state index contributed by atoms with van der Waals surface area (Å²) in [4.78, 5) is 0.